The van der Waals surface area contributed by atoms with Crippen LogP contribution in [0.4, 0.5) is 4.39 Å². The summed E-state index contributed by atoms with van der Waals surface area (Å²) in [6.45, 7) is 8.43. The molecule has 0 saturated carbocycles. The second-order valence-electron chi connectivity index (χ2n) is 8.64. The highest BCUT2D eigenvalue weighted by atomic mass is 19.1. The summed E-state index contributed by atoms with van der Waals surface area (Å²) in [6, 6.07) is 7.19. The van der Waals surface area contributed by atoms with Crippen molar-refractivity contribution in [3.63, 3.8) is 0 Å². The fourth-order valence-corrected chi connectivity index (χ4v) is 4.41. The van der Waals surface area contributed by atoms with Crippen molar-refractivity contribution in [1.29, 1.82) is 0 Å². The van der Waals surface area contributed by atoms with Gasteiger partial charge in [0.05, 0.1) is 13.2 Å². The van der Waals surface area contributed by atoms with Gasteiger partial charge in [-0.05, 0) is 51.8 Å². The van der Waals surface area contributed by atoms with Crippen LogP contribution in [0.15, 0.2) is 24.3 Å². The highest BCUT2D eigenvalue weighted by Gasteiger charge is 2.27. The quantitative estimate of drug-likeness (QED) is 0.788. The van der Waals surface area contributed by atoms with Gasteiger partial charge in [-0.3, -0.25) is 14.4 Å². The van der Waals surface area contributed by atoms with E-state index in [1.165, 1.54) is 6.07 Å². The molecule has 1 N–H and O–H groups in total. The van der Waals surface area contributed by atoms with Crippen LogP contribution in [0.1, 0.15) is 60.0 Å². The van der Waals surface area contributed by atoms with Crippen molar-refractivity contribution in [2.45, 2.75) is 52.3 Å². The van der Waals surface area contributed by atoms with E-state index in [2.05, 4.69) is 29.2 Å². The van der Waals surface area contributed by atoms with Gasteiger partial charge in [-0.1, -0.05) is 18.2 Å². The summed E-state index contributed by atoms with van der Waals surface area (Å²) in [5.41, 5.74) is 3.32. The Labute approximate surface area is 177 Å². The number of carbonyl (C=O) groups is 1. The fraction of sp³-hybridized carbons (Fsp3) is 0.565. The average Bonchev–Trinajstić information content (AvgIpc) is 3.15. The number of amides is 1. The third kappa shape index (κ3) is 4.57. The van der Waals surface area contributed by atoms with E-state index in [0.29, 0.717) is 37.9 Å². The predicted molar refractivity (Wildman–Crippen MR) is 113 cm³/mol. The van der Waals surface area contributed by atoms with Crippen LogP contribution in [-0.2, 0) is 24.3 Å². The van der Waals surface area contributed by atoms with Gasteiger partial charge in [-0.25, -0.2) is 4.39 Å². The first-order valence-corrected chi connectivity index (χ1v) is 10.9. The van der Waals surface area contributed by atoms with Gasteiger partial charge in [0, 0.05) is 42.4 Å². The van der Waals surface area contributed by atoms with Gasteiger partial charge in [0.25, 0.3) is 5.91 Å². The lowest BCUT2D eigenvalue weighted by molar-refractivity contribution is 0.0908. The summed E-state index contributed by atoms with van der Waals surface area (Å²) in [6.07, 6.45) is 2.79. The molecule has 0 atom stereocenters. The molecule has 3 heterocycles. The van der Waals surface area contributed by atoms with Crippen molar-refractivity contribution in [3.05, 3.63) is 52.6 Å². The molecular formula is C23H31FN4O2. The molecule has 0 aliphatic carbocycles. The Bertz CT molecular complexity index is 887. The molecule has 4 rings (SSSR count). The van der Waals surface area contributed by atoms with Crippen LogP contribution >= 0.6 is 0 Å². The molecule has 1 amide bonds. The first-order valence-electron chi connectivity index (χ1n) is 10.9. The Morgan fingerprint density at radius 2 is 2.07 bits per heavy atom. The van der Waals surface area contributed by atoms with E-state index in [-0.39, 0.29) is 17.8 Å². The van der Waals surface area contributed by atoms with Crippen molar-refractivity contribution in [2.24, 2.45) is 5.92 Å². The molecule has 2 aliphatic rings. The number of rotatable bonds is 6. The maximum atomic E-state index is 13.9. The molecule has 0 bridgehead atoms. The van der Waals surface area contributed by atoms with Crippen LogP contribution in [0.2, 0.25) is 0 Å². The first-order chi connectivity index (χ1) is 14.5. The number of aromatic nitrogens is 2. The van der Waals surface area contributed by atoms with Crippen LogP contribution in [0, 0.1) is 11.7 Å². The Hall–Kier alpha value is -2.25. The molecule has 6 nitrogen and oxygen atoms in total. The summed E-state index contributed by atoms with van der Waals surface area (Å²) in [4.78, 5) is 15.1. The monoisotopic (exact) mass is 414 g/mol. The Kier molecular flexibility index (Phi) is 6.49. The molecule has 1 saturated heterocycles. The van der Waals surface area contributed by atoms with Crippen LogP contribution in [-0.4, -0.2) is 46.8 Å². The largest absolute Gasteiger partial charge is 0.376 e. The molecule has 1 aromatic heterocycles. The number of ether oxygens (including phenoxy) is 1. The van der Waals surface area contributed by atoms with E-state index in [9.17, 15) is 9.18 Å². The van der Waals surface area contributed by atoms with Crippen molar-refractivity contribution in [3.8, 4) is 0 Å². The summed E-state index contributed by atoms with van der Waals surface area (Å²) >= 11 is 0. The predicted octanol–water partition coefficient (Wildman–Crippen LogP) is 3.32. The molecule has 0 spiro atoms. The third-order valence-corrected chi connectivity index (χ3v) is 6.16. The molecule has 0 radical (unpaired) electrons. The maximum Gasteiger partial charge on any atom is 0.272 e. The van der Waals surface area contributed by atoms with Crippen LogP contribution in [0.25, 0.3) is 0 Å². The van der Waals surface area contributed by atoms with E-state index < -0.39 is 0 Å². The number of nitrogens with zero attached hydrogens (tertiary/aromatic N) is 3. The van der Waals surface area contributed by atoms with Gasteiger partial charge in [-0.2, -0.15) is 5.10 Å². The number of hydrogen-bond acceptors (Lipinski definition) is 4. The number of nitrogens with one attached hydrogen (secondary N) is 1. The highest BCUT2D eigenvalue weighted by Crippen LogP contribution is 2.24. The molecule has 0 unspecified atom stereocenters. The zero-order valence-electron chi connectivity index (χ0n) is 17.9. The number of halogens is 1. The number of hydrogen-bond donors (Lipinski definition) is 1. The second kappa shape index (κ2) is 9.27. The number of fused-ring (bicyclic) bond motifs is 1. The minimum Gasteiger partial charge on any atom is -0.376 e. The standard InChI is InChI=1S/C23H31FN4O2/c1-16(2)28-21-9-12-30-15-19(21)22(26-28)23(29)25-13-17-7-10-27(11-8-17)14-18-5-3-4-6-20(18)24/h3-6,16-17H,7-15H2,1-2H3,(H,25,29). The lowest BCUT2D eigenvalue weighted by Crippen LogP contribution is -2.38. The van der Waals surface area contributed by atoms with Gasteiger partial charge in [-0.15, -0.1) is 0 Å². The van der Waals surface area contributed by atoms with Crippen LogP contribution < -0.4 is 5.32 Å². The van der Waals surface area contributed by atoms with Crippen LogP contribution in [0.5, 0.6) is 0 Å². The summed E-state index contributed by atoms with van der Waals surface area (Å²) in [5.74, 6) is 0.190. The molecule has 1 fully saturated rings. The minimum atomic E-state index is -0.139. The van der Waals surface area contributed by atoms with E-state index in [4.69, 9.17) is 4.74 Å². The van der Waals surface area contributed by atoms with Gasteiger partial charge in [0.2, 0.25) is 0 Å². The zero-order valence-corrected chi connectivity index (χ0v) is 17.9. The molecular weight excluding hydrogens is 383 g/mol. The van der Waals surface area contributed by atoms with Crippen LogP contribution in [0.3, 0.4) is 0 Å². The van der Waals surface area contributed by atoms with Crippen molar-refractivity contribution in [1.82, 2.24) is 20.0 Å². The van der Waals surface area contributed by atoms with Gasteiger partial charge in [0.1, 0.15) is 5.82 Å². The molecule has 1 aromatic carbocycles. The lowest BCUT2D eigenvalue weighted by atomic mass is 9.96. The summed E-state index contributed by atoms with van der Waals surface area (Å²) < 4.78 is 21.4. The smallest absolute Gasteiger partial charge is 0.272 e. The Morgan fingerprint density at radius 1 is 1.30 bits per heavy atom. The molecule has 2 aromatic rings. The number of likely N-dealkylation sites (tertiary alicyclic amines) is 1. The Morgan fingerprint density at radius 3 is 2.80 bits per heavy atom. The minimum absolute atomic E-state index is 0.107. The molecule has 162 valence electrons. The molecule has 7 heteroatoms. The molecule has 2 aliphatic heterocycles. The summed E-state index contributed by atoms with van der Waals surface area (Å²) in [7, 11) is 0. The van der Waals surface area contributed by atoms with E-state index in [1.807, 2.05) is 16.8 Å². The normalized spacial score (nSPS) is 17.9. The average molecular weight is 415 g/mol. The number of piperidine rings is 1. The van der Waals surface area contributed by atoms with E-state index >= 15 is 0 Å². The fourth-order valence-electron chi connectivity index (χ4n) is 4.41. The van der Waals surface area contributed by atoms with Gasteiger partial charge < -0.3 is 10.1 Å². The van der Waals surface area contributed by atoms with E-state index in [1.54, 1.807) is 6.07 Å². The first kappa shape index (κ1) is 21.0. The highest BCUT2D eigenvalue weighted by molar-refractivity contribution is 5.94. The number of carbonyl (C=O) groups excluding carboxylic acids is 1. The SMILES string of the molecule is CC(C)n1nc(C(=O)NCC2CCN(Cc3ccccc3F)CC2)c2c1CCOC2. The summed E-state index contributed by atoms with van der Waals surface area (Å²) in [5, 5.41) is 7.70. The topological polar surface area (TPSA) is 59.4 Å². The van der Waals surface area contributed by atoms with Crippen molar-refractivity contribution >= 4 is 5.91 Å². The second-order valence-corrected chi connectivity index (χ2v) is 8.64. The third-order valence-electron chi connectivity index (χ3n) is 6.16. The van der Waals surface area contributed by atoms with E-state index in [0.717, 1.165) is 49.2 Å². The van der Waals surface area contributed by atoms with Gasteiger partial charge in [0.15, 0.2) is 5.69 Å². The number of benzene rings is 1. The molecule has 30 heavy (non-hydrogen) atoms. The zero-order chi connectivity index (χ0) is 21.1. The van der Waals surface area contributed by atoms with Crippen molar-refractivity contribution in [2.75, 3.05) is 26.2 Å². The Balaban J connectivity index is 1.30. The lowest BCUT2D eigenvalue weighted by Gasteiger charge is -2.32. The van der Waals surface area contributed by atoms with Gasteiger partial charge >= 0.3 is 0 Å². The maximum absolute atomic E-state index is 13.9. The van der Waals surface area contributed by atoms with Crippen molar-refractivity contribution < 1.29 is 13.9 Å².